The second-order valence-electron chi connectivity index (χ2n) is 14.1. The average Bonchev–Trinajstić information content (AvgIpc) is 3.32. The van der Waals surface area contributed by atoms with Crippen molar-refractivity contribution < 1.29 is 29.1 Å². The number of likely N-dealkylation sites (tertiary alicyclic amines) is 1. The number of nitrogen functional groups attached to an aromatic ring is 1. The van der Waals surface area contributed by atoms with Crippen LogP contribution < -0.4 is 21.3 Å². The molecule has 0 aliphatic carbocycles. The molecule has 0 saturated carbocycles. The fourth-order valence-electron chi connectivity index (χ4n) is 7.41. The number of anilines is 3. The molecule has 4 aliphatic heterocycles. The fraction of sp³-hybridized carbons (Fsp3) is 0.500. The summed E-state index contributed by atoms with van der Waals surface area (Å²) in [6.45, 7) is 8.02. The topological polar surface area (TPSA) is 178 Å². The zero-order valence-corrected chi connectivity index (χ0v) is 28.1. The number of nitrogens with two attached hydrogens (primary N) is 1. The maximum Gasteiger partial charge on any atom is 0.262 e. The third-order valence-corrected chi connectivity index (χ3v) is 10.3. The predicted molar refractivity (Wildman–Crippen MR) is 186 cm³/mol. The summed E-state index contributed by atoms with van der Waals surface area (Å²) >= 11 is 0. The molecule has 1 atom stereocenters. The fourth-order valence-corrected chi connectivity index (χ4v) is 7.41. The van der Waals surface area contributed by atoms with E-state index in [4.69, 9.17) is 10.7 Å². The van der Waals surface area contributed by atoms with Gasteiger partial charge in [0.05, 0.1) is 22.8 Å². The smallest absolute Gasteiger partial charge is 0.262 e. The van der Waals surface area contributed by atoms with Crippen molar-refractivity contribution in [2.45, 2.75) is 76.5 Å². The van der Waals surface area contributed by atoms with E-state index in [1.807, 2.05) is 6.07 Å². The Labute approximate surface area is 285 Å². The first-order chi connectivity index (χ1) is 23.4. The lowest BCUT2D eigenvalue weighted by atomic mass is 9.92. The van der Waals surface area contributed by atoms with Crippen molar-refractivity contribution >= 4 is 53.3 Å². The van der Waals surface area contributed by atoms with Crippen molar-refractivity contribution in [3.8, 4) is 0 Å². The number of benzene rings is 2. The molecule has 2 aromatic rings. The van der Waals surface area contributed by atoms with Crippen LogP contribution in [0.4, 0.5) is 17.1 Å². The number of hydrogen-bond acceptors (Lipinski definition) is 10. The first kappa shape index (κ1) is 34.3. The molecule has 6 rings (SSSR count). The van der Waals surface area contributed by atoms with Crippen LogP contribution >= 0.6 is 0 Å². The number of imide groups is 2. The number of nitrogens with zero attached hydrogens (tertiary/aromatic N) is 4. The van der Waals surface area contributed by atoms with Crippen LogP contribution in [0.15, 0.2) is 35.3 Å². The van der Waals surface area contributed by atoms with Crippen LogP contribution in [0.25, 0.3) is 0 Å². The van der Waals surface area contributed by atoms with Crippen molar-refractivity contribution in [2.24, 2.45) is 10.9 Å². The van der Waals surface area contributed by atoms with Gasteiger partial charge in [0.2, 0.25) is 18.2 Å². The Morgan fingerprint density at radius 3 is 2.37 bits per heavy atom. The van der Waals surface area contributed by atoms with Gasteiger partial charge in [-0.3, -0.25) is 39.2 Å². The summed E-state index contributed by atoms with van der Waals surface area (Å²) in [5, 5.41) is 15.4. The van der Waals surface area contributed by atoms with Gasteiger partial charge in [-0.15, -0.1) is 0 Å². The highest BCUT2D eigenvalue weighted by molar-refractivity contribution is 6.23. The lowest BCUT2D eigenvalue weighted by molar-refractivity contribution is -0.136. The Kier molecular flexibility index (Phi) is 9.84. The molecule has 4 aliphatic rings. The molecule has 3 fully saturated rings. The van der Waals surface area contributed by atoms with Crippen molar-refractivity contribution in [3.05, 3.63) is 52.6 Å². The Morgan fingerprint density at radius 1 is 0.980 bits per heavy atom. The largest absolute Gasteiger partial charge is 0.398 e. The molecular formula is C36H45N7O6. The minimum Gasteiger partial charge on any atom is -0.398 e. The molecular weight excluding hydrogens is 626 g/mol. The molecule has 0 bridgehead atoms. The van der Waals surface area contributed by atoms with Gasteiger partial charge in [0.15, 0.2) is 0 Å². The van der Waals surface area contributed by atoms with Gasteiger partial charge in [-0.25, -0.2) is 0 Å². The van der Waals surface area contributed by atoms with Crippen LogP contribution in [0.3, 0.4) is 0 Å². The van der Waals surface area contributed by atoms with Crippen molar-refractivity contribution in [1.29, 1.82) is 0 Å². The number of amides is 5. The number of aliphatic imine (C=N–C) groups is 1. The van der Waals surface area contributed by atoms with Crippen LogP contribution in [0.1, 0.15) is 90.6 Å². The molecule has 4 heterocycles. The number of piperidine rings is 3. The zero-order valence-electron chi connectivity index (χ0n) is 28.1. The number of carbonyl (C=O) groups excluding carboxylic acids is 5. The van der Waals surface area contributed by atoms with Gasteiger partial charge in [-0.1, -0.05) is 0 Å². The van der Waals surface area contributed by atoms with Crippen molar-refractivity contribution in [3.63, 3.8) is 0 Å². The van der Waals surface area contributed by atoms with Crippen LogP contribution in [-0.4, -0.2) is 96.0 Å². The number of carbonyl (C=O) groups is 5. The molecule has 0 aromatic heterocycles. The van der Waals surface area contributed by atoms with E-state index in [0.29, 0.717) is 46.0 Å². The molecule has 49 heavy (non-hydrogen) atoms. The summed E-state index contributed by atoms with van der Waals surface area (Å²) < 4.78 is 0. The molecule has 2 aromatic carbocycles. The van der Waals surface area contributed by atoms with E-state index in [1.54, 1.807) is 44.3 Å². The number of aliphatic hydroxyl groups is 1. The van der Waals surface area contributed by atoms with E-state index < -0.39 is 35.3 Å². The zero-order chi connectivity index (χ0) is 34.9. The van der Waals surface area contributed by atoms with Crippen LogP contribution in [0.2, 0.25) is 0 Å². The molecule has 0 radical (unpaired) electrons. The second kappa shape index (κ2) is 14.1. The Hall–Kier alpha value is -4.62. The van der Waals surface area contributed by atoms with Gasteiger partial charge in [-0.05, 0) is 95.2 Å². The van der Waals surface area contributed by atoms with E-state index in [2.05, 4.69) is 20.4 Å². The summed E-state index contributed by atoms with van der Waals surface area (Å²) in [4.78, 5) is 72.0. The van der Waals surface area contributed by atoms with Crippen molar-refractivity contribution in [2.75, 3.05) is 48.7 Å². The van der Waals surface area contributed by atoms with E-state index >= 15 is 0 Å². The predicted octanol–water partition coefficient (Wildman–Crippen LogP) is 2.66. The van der Waals surface area contributed by atoms with Crippen molar-refractivity contribution in [1.82, 2.24) is 15.1 Å². The highest BCUT2D eigenvalue weighted by Gasteiger charge is 2.44. The molecule has 1 unspecified atom stereocenters. The summed E-state index contributed by atoms with van der Waals surface area (Å²) in [5.74, 6) is -1.35. The van der Waals surface area contributed by atoms with Gasteiger partial charge in [-0.2, -0.15) is 0 Å². The van der Waals surface area contributed by atoms with E-state index in [9.17, 15) is 29.1 Å². The standard InChI is InChI=1S/C36H45N7O6/c1-36(2,49)28-19-29(37)23(17-30(28)39-21-44)20-38-24-10-13-41(14-11-24)12-7-22-8-15-42(16-9-22)25-3-4-26-27(18-25)35(48)43(34(26)47)31-5-6-32(45)40-33(31)46/h3-4,17-22,24,31,49H,5-16,37H2,1-2H3,(H,39,44)(H,40,45,46). The highest BCUT2D eigenvalue weighted by Crippen LogP contribution is 2.34. The Morgan fingerprint density at radius 2 is 1.69 bits per heavy atom. The molecule has 13 nitrogen and oxygen atoms in total. The number of fused-ring (bicyclic) bond motifs is 1. The maximum atomic E-state index is 13.3. The van der Waals surface area contributed by atoms with Gasteiger partial charge < -0.3 is 26.0 Å². The van der Waals surface area contributed by atoms with Crippen LogP contribution in [-0.2, 0) is 20.0 Å². The monoisotopic (exact) mass is 671 g/mol. The molecule has 5 N–H and O–H groups in total. The first-order valence-electron chi connectivity index (χ1n) is 17.2. The van der Waals surface area contributed by atoms with Crippen LogP contribution in [0.5, 0.6) is 0 Å². The average molecular weight is 672 g/mol. The summed E-state index contributed by atoms with van der Waals surface area (Å²) in [6, 6.07) is 8.01. The first-order valence-corrected chi connectivity index (χ1v) is 17.2. The number of nitrogens with one attached hydrogen (secondary N) is 2. The highest BCUT2D eigenvalue weighted by atomic mass is 16.3. The molecule has 0 spiro atoms. The summed E-state index contributed by atoms with van der Waals surface area (Å²) in [7, 11) is 0. The Bertz CT molecular complexity index is 1670. The van der Waals surface area contributed by atoms with Gasteiger partial charge >= 0.3 is 0 Å². The Balaban J connectivity index is 0.960. The molecule has 5 amide bonds. The van der Waals surface area contributed by atoms with Crippen LogP contribution in [0, 0.1) is 5.92 Å². The molecule has 3 saturated heterocycles. The maximum absolute atomic E-state index is 13.3. The SMILES string of the molecule is CC(C)(O)c1cc(N)c(C=NC2CCN(CCC3CCN(c4ccc5c(c4)C(=O)N(C4CCC(=O)NC4=O)C5=O)CC3)CC2)cc1NC=O. The van der Waals surface area contributed by atoms with E-state index in [-0.39, 0.29) is 18.9 Å². The summed E-state index contributed by atoms with van der Waals surface area (Å²) in [6.07, 6.45) is 7.72. The third-order valence-electron chi connectivity index (χ3n) is 10.3. The minimum atomic E-state index is -1.16. The second-order valence-corrected chi connectivity index (χ2v) is 14.1. The summed E-state index contributed by atoms with van der Waals surface area (Å²) in [5.41, 5.74) is 8.89. The lowest BCUT2D eigenvalue weighted by Crippen LogP contribution is -2.54. The number of rotatable bonds is 10. The quantitative estimate of drug-likeness (QED) is 0.128. The number of hydrogen-bond donors (Lipinski definition) is 4. The van der Waals surface area contributed by atoms with E-state index in [1.165, 1.54) is 0 Å². The van der Waals surface area contributed by atoms with Gasteiger partial charge in [0, 0.05) is 67.0 Å². The van der Waals surface area contributed by atoms with E-state index in [0.717, 1.165) is 75.4 Å². The normalized spacial score (nSPS) is 21.4. The van der Waals surface area contributed by atoms with Gasteiger partial charge in [0.25, 0.3) is 11.8 Å². The minimum absolute atomic E-state index is 0.0954. The molecule has 13 heteroatoms. The lowest BCUT2D eigenvalue weighted by Gasteiger charge is -2.36. The van der Waals surface area contributed by atoms with Gasteiger partial charge in [0.1, 0.15) is 6.04 Å². The third kappa shape index (κ3) is 7.37. The molecule has 260 valence electrons.